The number of pyridine rings is 1. The van der Waals surface area contributed by atoms with Gasteiger partial charge in [-0.25, -0.2) is 4.98 Å². The Morgan fingerprint density at radius 3 is 1.92 bits per heavy atom. The molecular formula is C67H68N4OPt-2. The van der Waals surface area contributed by atoms with Crippen molar-refractivity contribution in [3.8, 4) is 50.9 Å². The SMILES string of the molecule is [2H]C([2H])([2H])c1cc(-c2cc(C(C)(C)C)cc(C(C)(C)C)c2)c(-[n+]2[c-]n(-c3[c-]c(Oc4[c-]c5c(cc4)c4ccccc4n5-c4cc(C(C)(C)C)ccn4)ccc3)c3cc(-c4c(C([2H])([2H])[2H])cccc4C([2H])([2H])[2H])ccc32)c(C(C)(C)C)c1.[Pt]. The number of hydrogen-bond acceptors (Lipinski definition) is 2. The first-order chi connectivity index (χ1) is 37.6. The molecule has 3 heterocycles. The minimum Gasteiger partial charge on any atom is -0.510 e. The molecule has 0 fully saturated rings. The van der Waals surface area contributed by atoms with Gasteiger partial charge in [-0.05, 0) is 133 Å². The number of imidazole rings is 1. The van der Waals surface area contributed by atoms with Crippen LogP contribution in [0.4, 0.5) is 0 Å². The monoisotopic (exact) mass is 1150 g/mol. The molecule has 0 bridgehead atoms. The summed E-state index contributed by atoms with van der Waals surface area (Å²) in [4.78, 5) is 4.85. The summed E-state index contributed by atoms with van der Waals surface area (Å²) in [7, 11) is 0. The van der Waals surface area contributed by atoms with E-state index in [0.717, 1.165) is 55.4 Å². The number of fused-ring (bicyclic) bond motifs is 4. The molecule has 0 aliphatic carbocycles. The topological polar surface area (TPSA) is 35.9 Å². The molecule has 0 saturated carbocycles. The van der Waals surface area contributed by atoms with Gasteiger partial charge < -0.3 is 13.9 Å². The van der Waals surface area contributed by atoms with Gasteiger partial charge in [-0.1, -0.05) is 173 Å². The number of aryl methyl sites for hydroxylation is 3. The van der Waals surface area contributed by atoms with Crippen molar-refractivity contribution >= 4 is 32.8 Å². The maximum absolute atomic E-state index is 8.82. The molecule has 6 heteroatoms. The zero-order valence-electron chi connectivity index (χ0n) is 52.8. The van der Waals surface area contributed by atoms with Crippen molar-refractivity contribution < 1.29 is 42.7 Å². The normalized spacial score (nSPS) is 14.8. The Balaban J connectivity index is 0.00000810. The van der Waals surface area contributed by atoms with E-state index in [2.05, 4.69) is 143 Å². The molecular weight excluding hydrogens is 1070 g/mol. The first kappa shape index (κ1) is 40.9. The van der Waals surface area contributed by atoms with E-state index in [1.807, 2.05) is 69.9 Å². The van der Waals surface area contributed by atoms with Crippen molar-refractivity contribution in [2.45, 2.75) is 125 Å². The molecule has 0 N–H and O–H groups in total. The van der Waals surface area contributed by atoms with Gasteiger partial charge in [0.15, 0.2) is 0 Å². The Morgan fingerprint density at radius 2 is 1.25 bits per heavy atom. The number of aromatic nitrogens is 4. The molecule has 0 saturated heterocycles. The van der Waals surface area contributed by atoms with Gasteiger partial charge in [0.1, 0.15) is 5.82 Å². The van der Waals surface area contributed by atoms with E-state index in [1.165, 1.54) is 18.2 Å². The van der Waals surface area contributed by atoms with E-state index >= 15 is 0 Å². The Labute approximate surface area is 460 Å². The third kappa shape index (κ3) is 9.74. The van der Waals surface area contributed by atoms with Crippen LogP contribution in [-0.4, -0.2) is 14.1 Å². The second-order valence-electron chi connectivity index (χ2n) is 23.3. The first-order valence-corrected chi connectivity index (χ1v) is 24.7. The van der Waals surface area contributed by atoms with Crippen molar-refractivity contribution in [3.05, 3.63) is 197 Å². The van der Waals surface area contributed by atoms with Crippen LogP contribution in [0.25, 0.3) is 72.3 Å². The van der Waals surface area contributed by atoms with Crippen molar-refractivity contribution in [1.29, 1.82) is 0 Å². The summed E-state index contributed by atoms with van der Waals surface area (Å²) in [6.07, 6.45) is 5.54. The van der Waals surface area contributed by atoms with Crippen molar-refractivity contribution in [3.63, 3.8) is 0 Å². The van der Waals surface area contributed by atoms with Crippen LogP contribution in [0.5, 0.6) is 11.5 Å². The number of rotatable bonds is 7. The molecule has 0 radical (unpaired) electrons. The molecule has 10 rings (SSSR count). The quantitative estimate of drug-likeness (QED) is 0.118. The average Bonchev–Trinajstić information content (AvgIpc) is 3.49. The van der Waals surface area contributed by atoms with Crippen LogP contribution in [0.2, 0.25) is 0 Å². The summed E-state index contributed by atoms with van der Waals surface area (Å²) in [6.45, 7) is 18.0. The van der Waals surface area contributed by atoms with Crippen LogP contribution < -0.4 is 9.30 Å². The standard InChI is InChI=1S/C67H68N4O.Pt/c1-42-32-55(46-34-48(65(7,8)9)37-49(35-46)66(10,11)12)63(56(33-42)67(13,14)15)70-41-69(60-36-45(26-29-58(60)70)62-43(2)20-18-21-44(62)3)50-22-19-23-51(39-50)72-52-27-28-54-53-24-16-17-25-57(53)71(59(54)40-52)61-38-47(30-31-68-61)64(4,5)6;/h16-38H,1-15H3;/q-2;/i1D3,2D3,3D3;. The van der Waals surface area contributed by atoms with Gasteiger partial charge in [-0.15, -0.1) is 29.7 Å². The summed E-state index contributed by atoms with van der Waals surface area (Å²) in [5, 5.41) is 2.03. The molecule has 0 spiro atoms. The van der Waals surface area contributed by atoms with Crippen LogP contribution >= 0.6 is 0 Å². The van der Waals surface area contributed by atoms with Gasteiger partial charge in [0.05, 0.1) is 16.7 Å². The van der Waals surface area contributed by atoms with E-state index in [0.29, 0.717) is 45.0 Å². The van der Waals surface area contributed by atoms with E-state index < -0.39 is 26.0 Å². The number of nitrogens with zero attached hydrogens (tertiary/aromatic N) is 4. The molecule has 10 aromatic rings. The predicted octanol–water partition coefficient (Wildman–Crippen LogP) is 17.0. The zero-order valence-corrected chi connectivity index (χ0v) is 46.1. The number of hydrogen-bond donors (Lipinski definition) is 0. The van der Waals surface area contributed by atoms with Crippen LogP contribution in [0.1, 0.15) is 134 Å². The fraction of sp³-hybridized carbons (Fsp3) is 0.284. The molecule has 0 aliphatic heterocycles. The van der Waals surface area contributed by atoms with Crippen molar-refractivity contribution in [2.75, 3.05) is 0 Å². The number of benzene rings is 7. The van der Waals surface area contributed by atoms with E-state index in [-0.39, 0.29) is 59.6 Å². The van der Waals surface area contributed by atoms with Gasteiger partial charge >= 0.3 is 0 Å². The van der Waals surface area contributed by atoms with Crippen LogP contribution in [-0.2, 0) is 42.7 Å². The average molecular weight is 1150 g/mol. The van der Waals surface area contributed by atoms with E-state index in [4.69, 9.17) is 22.1 Å². The third-order valence-electron chi connectivity index (χ3n) is 13.7. The van der Waals surface area contributed by atoms with Gasteiger partial charge in [-0.3, -0.25) is 4.57 Å². The minimum atomic E-state index is -2.66. The maximum Gasteiger partial charge on any atom is 0.268 e. The molecule has 0 aliphatic rings. The molecule has 0 amide bonds. The maximum atomic E-state index is 8.82. The number of para-hydroxylation sites is 1. The second-order valence-corrected chi connectivity index (χ2v) is 23.3. The number of ether oxygens (including phenoxy) is 1. The molecule has 0 unspecified atom stereocenters. The van der Waals surface area contributed by atoms with Crippen LogP contribution in [0, 0.1) is 39.0 Å². The predicted molar refractivity (Wildman–Crippen MR) is 300 cm³/mol. The van der Waals surface area contributed by atoms with Crippen molar-refractivity contribution in [1.82, 2.24) is 14.1 Å². The van der Waals surface area contributed by atoms with Crippen LogP contribution in [0.3, 0.4) is 0 Å². The minimum absolute atomic E-state index is 0. The van der Waals surface area contributed by atoms with Crippen molar-refractivity contribution in [2.24, 2.45) is 0 Å². The summed E-state index contributed by atoms with van der Waals surface area (Å²) in [5.74, 6) is 1.55. The fourth-order valence-electron chi connectivity index (χ4n) is 9.71. The largest absolute Gasteiger partial charge is 0.510 e. The van der Waals surface area contributed by atoms with E-state index in [1.54, 1.807) is 24.3 Å². The second kappa shape index (κ2) is 18.7. The van der Waals surface area contributed by atoms with Gasteiger partial charge in [-0.2, -0.15) is 18.2 Å². The Morgan fingerprint density at radius 1 is 0.562 bits per heavy atom. The molecule has 7 aromatic carbocycles. The van der Waals surface area contributed by atoms with E-state index in [9.17, 15) is 0 Å². The van der Waals surface area contributed by atoms with Gasteiger partial charge in [0.2, 0.25) is 0 Å². The third-order valence-corrected chi connectivity index (χ3v) is 13.7. The van der Waals surface area contributed by atoms with Gasteiger partial charge in [0, 0.05) is 56.6 Å². The zero-order chi connectivity index (χ0) is 58.7. The van der Waals surface area contributed by atoms with Gasteiger partial charge in [0.25, 0.3) is 6.33 Å². The Kier molecular flexibility index (Phi) is 10.5. The fourth-order valence-corrected chi connectivity index (χ4v) is 9.71. The molecule has 5 nitrogen and oxygen atoms in total. The smallest absolute Gasteiger partial charge is 0.268 e. The Bertz CT molecular complexity index is 4030. The molecule has 0 atom stereocenters. The summed E-state index contributed by atoms with van der Waals surface area (Å²) in [5.41, 5.74) is 8.86. The molecule has 73 heavy (non-hydrogen) atoms. The summed E-state index contributed by atoms with van der Waals surface area (Å²) in [6, 6.07) is 48.8. The van der Waals surface area contributed by atoms with Crippen LogP contribution in [0.15, 0.2) is 140 Å². The molecule has 374 valence electrons. The summed E-state index contributed by atoms with van der Waals surface area (Å²) >= 11 is 0. The molecule has 3 aromatic heterocycles. The Hall–Kier alpha value is -6.55. The first-order valence-electron chi connectivity index (χ1n) is 29.2. The summed E-state index contributed by atoms with van der Waals surface area (Å²) < 4.78 is 90.8.